The fourth-order valence-electron chi connectivity index (χ4n) is 2.55. The summed E-state index contributed by atoms with van der Waals surface area (Å²) in [6, 6.07) is 4.05. The number of ether oxygens (including phenoxy) is 1. The molecule has 1 aromatic carbocycles. The van der Waals surface area contributed by atoms with Crippen LogP contribution in [0, 0.1) is 10.1 Å². The van der Waals surface area contributed by atoms with E-state index in [1.165, 1.54) is 12.1 Å². The summed E-state index contributed by atoms with van der Waals surface area (Å²) >= 11 is 0. The minimum atomic E-state index is -0.530. The quantitative estimate of drug-likeness (QED) is 0.499. The lowest BCUT2D eigenvalue weighted by Crippen LogP contribution is -2.44. The van der Waals surface area contributed by atoms with Crippen LogP contribution in [0.5, 0.6) is 5.75 Å². The van der Waals surface area contributed by atoms with Crippen LogP contribution in [-0.4, -0.2) is 45.8 Å². The Bertz CT molecular complexity index is 619. The fourth-order valence-corrected chi connectivity index (χ4v) is 2.55. The molecule has 8 nitrogen and oxygen atoms in total. The topological polar surface area (TPSA) is 105 Å². The summed E-state index contributed by atoms with van der Waals surface area (Å²) < 4.78 is 5.34. The molecule has 0 aliphatic carbocycles. The summed E-state index contributed by atoms with van der Waals surface area (Å²) in [7, 11) is 0. The van der Waals surface area contributed by atoms with Crippen molar-refractivity contribution in [2.24, 2.45) is 0 Å². The van der Waals surface area contributed by atoms with Gasteiger partial charge in [-0.15, -0.1) is 0 Å². The lowest BCUT2D eigenvalue weighted by Gasteiger charge is -2.34. The van der Waals surface area contributed by atoms with E-state index < -0.39 is 10.5 Å². The first kappa shape index (κ1) is 17.8. The second kappa shape index (κ2) is 6.94. The number of phenols is 1. The largest absolute Gasteiger partial charge is 0.508 e. The lowest BCUT2D eigenvalue weighted by molar-refractivity contribution is -0.384. The van der Waals surface area contributed by atoms with E-state index >= 15 is 0 Å². The molecule has 0 radical (unpaired) electrons. The average Bonchev–Trinajstić information content (AvgIpc) is 2.48. The van der Waals surface area contributed by atoms with Gasteiger partial charge in [-0.2, -0.15) is 0 Å². The van der Waals surface area contributed by atoms with Crippen molar-refractivity contribution < 1.29 is 19.6 Å². The number of likely N-dealkylation sites (tertiary alicyclic amines) is 1. The van der Waals surface area contributed by atoms with Crippen LogP contribution in [0.2, 0.25) is 0 Å². The van der Waals surface area contributed by atoms with E-state index in [2.05, 4.69) is 5.32 Å². The first-order chi connectivity index (χ1) is 11.2. The van der Waals surface area contributed by atoms with Gasteiger partial charge in [-0.25, -0.2) is 4.79 Å². The van der Waals surface area contributed by atoms with E-state index in [1.807, 2.05) is 20.8 Å². The third-order valence-electron chi connectivity index (χ3n) is 3.68. The van der Waals surface area contributed by atoms with Crippen LogP contribution in [0.25, 0.3) is 0 Å². The molecular weight excluding hydrogens is 314 g/mol. The van der Waals surface area contributed by atoms with Crippen LogP contribution in [0.3, 0.4) is 0 Å². The van der Waals surface area contributed by atoms with E-state index in [0.717, 1.165) is 6.07 Å². The van der Waals surface area contributed by atoms with Gasteiger partial charge >= 0.3 is 6.09 Å². The summed E-state index contributed by atoms with van der Waals surface area (Å²) in [4.78, 5) is 24.2. The molecule has 0 aromatic heterocycles. The van der Waals surface area contributed by atoms with Crippen molar-refractivity contribution in [3.63, 3.8) is 0 Å². The number of rotatable bonds is 3. The number of carbonyl (C=O) groups excluding carboxylic acids is 1. The van der Waals surface area contributed by atoms with Gasteiger partial charge in [0.1, 0.15) is 17.0 Å². The third-order valence-corrected chi connectivity index (χ3v) is 3.68. The fraction of sp³-hybridized carbons (Fsp3) is 0.562. The highest BCUT2D eigenvalue weighted by atomic mass is 16.6. The van der Waals surface area contributed by atoms with Crippen LogP contribution >= 0.6 is 0 Å². The molecule has 2 N–H and O–H groups in total. The molecule has 1 heterocycles. The Kier molecular flexibility index (Phi) is 5.16. The van der Waals surface area contributed by atoms with Crippen LogP contribution in [-0.2, 0) is 4.74 Å². The van der Waals surface area contributed by atoms with Crippen molar-refractivity contribution in [2.75, 3.05) is 18.4 Å². The van der Waals surface area contributed by atoms with Gasteiger partial charge in [0.05, 0.1) is 11.0 Å². The molecule has 0 spiro atoms. The molecule has 132 valence electrons. The average molecular weight is 337 g/mol. The third kappa shape index (κ3) is 4.74. The molecule has 1 fully saturated rings. The van der Waals surface area contributed by atoms with E-state index in [9.17, 15) is 20.0 Å². The molecule has 1 aliphatic heterocycles. The Hall–Kier alpha value is -2.51. The predicted octanol–water partition coefficient (Wildman–Crippen LogP) is 3.11. The second-order valence-electron chi connectivity index (χ2n) is 6.84. The van der Waals surface area contributed by atoms with Crippen molar-refractivity contribution in [1.82, 2.24) is 4.90 Å². The van der Waals surface area contributed by atoms with E-state index in [4.69, 9.17) is 4.74 Å². The number of carbonyl (C=O) groups is 1. The monoisotopic (exact) mass is 337 g/mol. The maximum atomic E-state index is 12.0. The van der Waals surface area contributed by atoms with Gasteiger partial charge in [0.2, 0.25) is 0 Å². The summed E-state index contributed by atoms with van der Waals surface area (Å²) in [5.41, 5.74) is -0.322. The zero-order valence-corrected chi connectivity index (χ0v) is 14.1. The first-order valence-corrected chi connectivity index (χ1v) is 7.87. The number of amides is 1. The molecule has 8 heteroatoms. The number of aromatic hydroxyl groups is 1. The number of phenolic OH excluding ortho intramolecular Hbond substituents is 1. The molecular formula is C16H23N3O5. The van der Waals surface area contributed by atoms with E-state index in [0.29, 0.717) is 31.6 Å². The van der Waals surface area contributed by atoms with Crippen molar-refractivity contribution in [1.29, 1.82) is 0 Å². The Balaban J connectivity index is 1.94. The summed E-state index contributed by atoms with van der Waals surface area (Å²) in [6.07, 6.45) is 0.991. The standard InChI is InChI=1S/C16H23N3O5/c1-16(2,3)24-15(21)18-8-6-11(7-9-18)17-13-5-4-12(20)10-14(13)19(22)23/h4-5,10-11,17,20H,6-9H2,1-3H3. The zero-order valence-electron chi connectivity index (χ0n) is 14.1. The SMILES string of the molecule is CC(C)(C)OC(=O)N1CCC(Nc2ccc(O)cc2[N+](=O)[O-])CC1. The maximum Gasteiger partial charge on any atom is 0.410 e. The van der Waals surface area contributed by atoms with Crippen LogP contribution < -0.4 is 5.32 Å². The number of nitro groups is 1. The number of nitro benzene ring substituents is 1. The van der Waals surface area contributed by atoms with Crippen LogP contribution in [0.15, 0.2) is 18.2 Å². The number of hydrogen-bond acceptors (Lipinski definition) is 6. The molecule has 1 aromatic rings. The number of piperidine rings is 1. The molecule has 0 bridgehead atoms. The van der Waals surface area contributed by atoms with Crippen molar-refractivity contribution in [3.05, 3.63) is 28.3 Å². The van der Waals surface area contributed by atoms with Crippen molar-refractivity contribution >= 4 is 17.5 Å². The molecule has 0 unspecified atom stereocenters. The molecule has 1 saturated heterocycles. The number of benzene rings is 1. The number of nitrogens with zero attached hydrogens (tertiary/aromatic N) is 2. The summed E-state index contributed by atoms with van der Waals surface area (Å²) in [6.45, 7) is 6.52. The lowest BCUT2D eigenvalue weighted by atomic mass is 10.0. The van der Waals surface area contributed by atoms with Gasteiger partial charge < -0.3 is 20.1 Å². The van der Waals surface area contributed by atoms with Gasteiger partial charge in [-0.05, 0) is 45.7 Å². The molecule has 1 amide bonds. The Morgan fingerprint density at radius 3 is 2.54 bits per heavy atom. The predicted molar refractivity (Wildman–Crippen MR) is 89.2 cm³/mol. The van der Waals surface area contributed by atoms with Gasteiger partial charge in [-0.1, -0.05) is 0 Å². The summed E-state index contributed by atoms with van der Waals surface area (Å²) in [5.74, 6) is -0.146. The van der Waals surface area contributed by atoms with E-state index in [1.54, 1.807) is 4.90 Å². The molecule has 2 rings (SSSR count). The molecule has 1 aliphatic rings. The first-order valence-electron chi connectivity index (χ1n) is 7.87. The van der Waals surface area contributed by atoms with Gasteiger partial charge in [-0.3, -0.25) is 10.1 Å². The minimum Gasteiger partial charge on any atom is -0.508 e. The Morgan fingerprint density at radius 2 is 2.00 bits per heavy atom. The van der Waals surface area contributed by atoms with Crippen LogP contribution in [0.4, 0.5) is 16.2 Å². The Morgan fingerprint density at radius 1 is 1.38 bits per heavy atom. The molecule has 24 heavy (non-hydrogen) atoms. The van der Waals surface area contributed by atoms with Gasteiger partial charge in [0, 0.05) is 19.1 Å². The highest BCUT2D eigenvalue weighted by molar-refractivity contribution is 5.68. The Labute approximate surface area is 140 Å². The zero-order chi connectivity index (χ0) is 17.9. The number of nitrogens with one attached hydrogen (secondary N) is 1. The second-order valence-corrected chi connectivity index (χ2v) is 6.84. The highest BCUT2D eigenvalue weighted by Gasteiger charge is 2.27. The van der Waals surface area contributed by atoms with E-state index in [-0.39, 0.29) is 23.6 Å². The molecule has 0 saturated carbocycles. The van der Waals surface area contributed by atoms with Crippen molar-refractivity contribution in [3.8, 4) is 5.75 Å². The smallest absolute Gasteiger partial charge is 0.410 e. The number of anilines is 1. The maximum absolute atomic E-state index is 12.0. The van der Waals surface area contributed by atoms with Crippen molar-refractivity contribution in [2.45, 2.75) is 45.3 Å². The van der Waals surface area contributed by atoms with Crippen LogP contribution in [0.1, 0.15) is 33.6 Å². The minimum absolute atomic E-state index is 0.0203. The van der Waals surface area contributed by atoms with Gasteiger partial charge in [0.15, 0.2) is 0 Å². The number of hydrogen-bond donors (Lipinski definition) is 2. The normalized spacial score (nSPS) is 15.9. The van der Waals surface area contributed by atoms with Gasteiger partial charge in [0.25, 0.3) is 5.69 Å². The highest BCUT2D eigenvalue weighted by Crippen LogP contribution is 2.30. The summed E-state index contributed by atoms with van der Waals surface area (Å²) in [5, 5.41) is 23.6. The molecule has 0 atom stereocenters.